The fraction of sp³-hybridized carbons (Fsp3) is 0.875. The molecule has 1 heterocycles. The molecule has 1 aliphatic heterocycles. The lowest BCUT2D eigenvalue weighted by Gasteiger charge is -2.49. The zero-order valence-electron chi connectivity index (χ0n) is 13.0. The highest BCUT2D eigenvalue weighted by Crippen LogP contribution is 2.40. The number of carbonyl (C=O) groups is 2. The summed E-state index contributed by atoms with van der Waals surface area (Å²) in [5.41, 5.74) is -0.224. The molecule has 0 aromatic rings. The number of aliphatic hydroxyl groups excluding tert-OH is 1. The molecule has 21 heavy (non-hydrogen) atoms. The van der Waals surface area contributed by atoms with Gasteiger partial charge in [0, 0.05) is 36.4 Å². The van der Waals surface area contributed by atoms with Crippen molar-refractivity contribution in [2.45, 2.75) is 58.1 Å². The van der Waals surface area contributed by atoms with Crippen LogP contribution in [-0.4, -0.2) is 47.1 Å². The number of nitrogens with zero attached hydrogens (tertiary/aromatic N) is 1. The summed E-state index contributed by atoms with van der Waals surface area (Å²) < 4.78 is 0. The minimum Gasteiger partial charge on any atom is -0.392 e. The number of carbonyl (C=O) groups excluding carboxylic acids is 2. The molecule has 2 atom stereocenters. The number of amides is 2. The van der Waals surface area contributed by atoms with Crippen LogP contribution in [-0.2, 0) is 9.59 Å². The molecular formula is C16H26N2O3. The highest BCUT2D eigenvalue weighted by atomic mass is 16.3. The summed E-state index contributed by atoms with van der Waals surface area (Å²) in [5.74, 6) is 0.671. The monoisotopic (exact) mass is 294 g/mol. The van der Waals surface area contributed by atoms with Crippen molar-refractivity contribution >= 4 is 11.8 Å². The predicted molar refractivity (Wildman–Crippen MR) is 78.4 cm³/mol. The van der Waals surface area contributed by atoms with Crippen molar-refractivity contribution in [3.8, 4) is 0 Å². The first kappa shape index (κ1) is 14.8. The van der Waals surface area contributed by atoms with Crippen LogP contribution in [0.1, 0.15) is 46.0 Å². The maximum absolute atomic E-state index is 12.3. The molecule has 2 amide bonds. The summed E-state index contributed by atoms with van der Waals surface area (Å²) in [7, 11) is 0. The Balaban J connectivity index is 1.46. The Labute approximate surface area is 126 Å². The molecule has 118 valence electrons. The second-order valence-electron chi connectivity index (χ2n) is 7.51. The van der Waals surface area contributed by atoms with E-state index in [4.69, 9.17) is 0 Å². The quantitative estimate of drug-likeness (QED) is 0.813. The minimum atomic E-state index is -0.319. The zero-order valence-corrected chi connectivity index (χ0v) is 13.0. The van der Waals surface area contributed by atoms with Crippen LogP contribution in [0.5, 0.6) is 0 Å². The van der Waals surface area contributed by atoms with Crippen LogP contribution in [0.3, 0.4) is 0 Å². The topological polar surface area (TPSA) is 69.6 Å². The third-order valence-electron chi connectivity index (χ3n) is 5.64. The van der Waals surface area contributed by atoms with E-state index in [1.165, 1.54) is 0 Å². The molecule has 5 heteroatoms. The molecule has 2 unspecified atom stereocenters. The Bertz CT molecular complexity index is 437. The second kappa shape index (κ2) is 5.27. The van der Waals surface area contributed by atoms with Crippen LogP contribution in [0.15, 0.2) is 0 Å². The average molecular weight is 294 g/mol. The maximum atomic E-state index is 12.3. The van der Waals surface area contributed by atoms with Crippen molar-refractivity contribution in [1.82, 2.24) is 10.2 Å². The highest BCUT2D eigenvalue weighted by Gasteiger charge is 2.48. The second-order valence-corrected chi connectivity index (χ2v) is 7.51. The summed E-state index contributed by atoms with van der Waals surface area (Å²) >= 11 is 0. The van der Waals surface area contributed by atoms with E-state index < -0.39 is 0 Å². The van der Waals surface area contributed by atoms with Gasteiger partial charge in [-0.25, -0.2) is 0 Å². The number of piperidine rings is 1. The fourth-order valence-corrected chi connectivity index (χ4v) is 3.39. The molecule has 3 fully saturated rings. The van der Waals surface area contributed by atoms with Crippen molar-refractivity contribution in [1.29, 1.82) is 0 Å². The van der Waals surface area contributed by atoms with Crippen molar-refractivity contribution in [3.63, 3.8) is 0 Å². The zero-order chi connectivity index (χ0) is 15.2. The van der Waals surface area contributed by atoms with E-state index in [0.717, 1.165) is 25.7 Å². The van der Waals surface area contributed by atoms with Crippen LogP contribution < -0.4 is 5.32 Å². The summed E-state index contributed by atoms with van der Waals surface area (Å²) in [4.78, 5) is 26.2. The first-order valence-electron chi connectivity index (χ1n) is 8.17. The fourth-order valence-electron chi connectivity index (χ4n) is 3.39. The normalized spacial score (nSPS) is 32.4. The molecule has 1 saturated heterocycles. The van der Waals surface area contributed by atoms with Gasteiger partial charge < -0.3 is 15.3 Å². The van der Waals surface area contributed by atoms with Crippen molar-refractivity contribution < 1.29 is 14.7 Å². The number of hydrogen-bond acceptors (Lipinski definition) is 3. The van der Waals surface area contributed by atoms with Crippen LogP contribution in [0.4, 0.5) is 0 Å². The molecule has 5 nitrogen and oxygen atoms in total. The summed E-state index contributed by atoms with van der Waals surface area (Å²) in [5, 5.41) is 12.8. The van der Waals surface area contributed by atoms with E-state index in [1.54, 1.807) is 0 Å². The van der Waals surface area contributed by atoms with Gasteiger partial charge >= 0.3 is 0 Å². The molecule has 3 rings (SSSR count). The van der Waals surface area contributed by atoms with Crippen molar-refractivity contribution in [2.75, 3.05) is 13.1 Å². The van der Waals surface area contributed by atoms with Crippen LogP contribution in [0, 0.1) is 17.3 Å². The van der Waals surface area contributed by atoms with Gasteiger partial charge in [-0.2, -0.15) is 0 Å². The van der Waals surface area contributed by atoms with Crippen LogP contribution in [0.25, 0.3) is 0 Å². The van der Waals surface area contributed by atoms with Crippen molar-refractivity contribution in [2.24, 2.45) is 17.3 Å². The molecule has 3 aliphatic rings. The SMILES string of the molecule is CC1(C)C(O)CC1NC(=O)C1CCN(C(=O)C2CC2)CC1. The average Bonchev–Trinajstić information content (AvgIpc) is 3.31. The van der Waals surface area contributed by atoms with Crippen LogP contribution in [0.2, 0.25) is 0 Å². The summed E-state index contributed by atoms with van der Waals surface area (Å²) in [6, 6.07) is 0.0751. The molecule has 2 aliphatic carbocycles. The standard InChI is InChI=1S/C16H26N2O3/c1-16(2)12(9-13(16)19)17-14(20)10-5-7-18(8-6-10)15(21)11-3-4-11/h10-13,19H,3-9H2,1-2H3,(H,17,20). The lowest BCUT2D eigenvalue weighted by Crippen LogP contribution is -2.62. The first-order chi connectivity index (χ1) is 9.89. The summed E-state index contributed by atoms with van der Waals surface area (Å²) in [6.07, 6.45) is 3.94. The molecule has 2 N–H and O–H groups in total. The summed E-state index contributed by atoms with van der Waals surface area (Å²) in [6.45, 7) is 5.40. The van der Waals surface area contributed by atoms with Gasteiger partial charge in [-0.05, 0) is 32.1 Å². The lowest BCUT2D eigenvalue weighted by atomic mass is 9.64. The van der Waals surface area contributed by atoms with E-state index in [-0.39, 0.29) is 41.2 Å². The van der Waals surface area contributed by atoms with Gasteiger partial charge in [0.1, 0.15) is 0 Å². The lowest BCUT2D eigenvalue weighted by molar-refractivity contribution is -0.139. The van der Waals surface area contributed by atoms with Gasteiger partial charge in [-0.1, -0.05) is 13.8 Å². The number of aliphatic hydroxyl groups is 1. The van der Waals surface area contributed by atoms with Gasteiger partial charge in [-0.3, -0.25) is 9.59 Å². The first-order valence-corrected chi connectivity index (χ1v) is 8.17. The van der Waals surface area contributed by atoms with E-state index in [9.17, 15) is 14.7 Å². The molecule has 0 aromatic carbocycles. The van der Waals surface area contributed by atoms with E-state index in [0.29, 0.717) is 19.5 Å². The molecule has 0 radical (unpaired) electrons. The molecule has 0 bridgehead atoms. The number of likely N-dealkylation sites (tertiary alicyclic amines) is 1. The van der Waals surface area contributed by atoms with Gasteiger partial charge in [0.25, 0.3) is 0 Å². The van der Waals surface area contributed by atoms with E-state index >= 15 is 0 Å². The van der Waals surface area contributed by atoms with Gasteiger partial charge in [0.05, 0.1) is 6.10 Å². The number of nitrogens with one attached hydrogen (secondary N) is 1. The van der Waals surface area contributed by atoms with Crippen LogP contribution >= 0.6 is 0 Å². The third-order valence-corrected chi connectivity index (χ3v) is 5.64. The Morgan fingerprint density at radius 1 is 1.10 bits per heavy atom. The van der Waals surface area contributed by atoms with E-state index in [2.05, 4.69) is 5.32 Å². The third kappa shape index (κ3) is 2.80. The van der Waals surface area contributed by atoms with Gasteiger partial charge in [0.2, 0.25) is 11.8 Å². The van der Waals surface area contributed by atoms with Gasteiger partial charge in [0.15, 0.2) is 0 Å². The van der Waals surface area contributed by atoms with Crippen molar-refractivity contribution in [3.05, 3.63) is 0 Å². The van der Waals surface area contributed by atoms with E-state index in [1.807, 2.05) is 18.7 Å². The minimum absolute atomic E-state index is 0.0156. The molecular weight excluding hydrogens is 268 g/mol. The Kier molecular flexibility index (Phi) is 3.72. The van der Waals surface area contributed by atoms with Gasteiger partial charge in [-0.15, -0.1) is 0 Å². The smallest absolute Gasteiger partial charge is 0.225 e. The maximum Gasteiger partial charge on any atom is 0.225 e. The largest absolute Gasteiger partial charge is 0.392 e. The Hall–Kier alpha value is -1.10. The molecule has 0 aromatic heterocycles. The highest BCUT2D eigenvalue weighted by molar-refractivity contribution is 5.82. The molecule has 2 saturated carbocycles. The Morgan fingerprint density at radius 2 is 1.71 bits per heavy atom. The number of rotatable bonds is 3. The molecule has 0 spiro atoms. The Morgan fingerprint density at radius 3 is 2.19 bits per heavy atom. The number of hydrogen-bond donors (Lipinski definition) is 2. The predicted octanol–water partition coefficient (Wildman–Crippen LogP) is 0.911.